The third kappa shape index (κ3) is 7.16. The number of nitrogens with zero attached hydrogens (tertiary/aromatic N) is 1. The molecule has 3 rings (SSSR count). The Balaban J connectivity index is 1.73. The van der Waals surface area contributed by atoms with Gasteiger partial charge in [-0.25, -0.2) is 4.79 Å². The molecular weight excluding hydrogens is 546 g/mol. The zero-order valence-electron chi connectivity index (χ0n) is 18.8. The minimum Gasteiger partial charge on any atom is -0.486 e. The van der Waals surface area contributed by atoms with Crippen LogP contribution in [0, 0.1) is 11.3 Å². The van der Waals surface area contributed by atoms with Gasteiger partial charge in [-0.15, -0.1) is 0 Å². The lowest BCUT2D eigenvalue weighted by molar-refractivity contribution is -0.112. The topological polar surface area (TPSA) is 88.4 Å². The maximum atomic E-state index is 12.6. The zero-order chi connectivity index (χ0) is 26.2. The molecule has 6 nitrogen and oxygen atoms in total. The Morgan fingerprint density at radius 1 is 0.972 bits per heavy atom. The van der Waals surface area contributed by atoms with E-state index >= 15 is 0 Å². The predicted molar refractivity (Wildman–Crippen MR) is 142 cm³/mol. The molecule has 0 unspecified atom stereocenters. The monoisotopic (exact) mass is 562 g/mol. The highest BCUT2D eigenvalue weighted by Gasteiger charge is 2.14. The number of esters is 1. The second-order valence-electron chi connectivity index (χ2n) is 7.26. The van der Waals surface area contributed by atoms with Crippen LogP contribution in [0.15, 0.2) is 60.2 Å². The molecule has 0 bridgehead atoms. The summed E-state index contributed by atoms with van der Waals surface area (Å²) in [5, 5.41) is 13.4. The average molecular weight is 564 g/mol. The van der Waals surface area contributed by atoms with Gasteiger partial charge >= 0.3 is 5.97 Å². The van der Waals surface area contributed by atoms with E-state index in [1.165, 1.54) is 42.5 Å². The SMILES string of the molecule is CCOC(=O)c1ccc(NC(=O)/C(C#N)=C/c2cc(Cl)c(OCc3ccc(Cl)cc3Cl)c(Cl)c2)cc1. The lowest BCUT2D eigenvalue weighted by Gasteiger charge is -2.12. The Labute approximate surface area is 227 Å². The Kier molecular flexibility index (Phi) is 9.63. The molecule has 0 aliphatic heterocycles. The van der Waals surface area contributed by atoms with E-state index in [9.17, 15) is 14.9 Å². The molecule has 1 amide bonds. The van der Waals surface area contributed by atoms with Gasteiger partial charge in [0.2, 0.25) is 0 Å². The van der Waals surface area contributed by atoms with Crippen LogP contribution in [0.4, 0.5) is 5.69 Å². The third-order valence-electron chi connectivity index (χ3n) is 4.74. The summed E-state index contributed by atoms with van der Waals surface area (Å²) in [6.07, 6.45) is 1.35. The van der Waals surface area contributed by atoms with Crippen LogP contribution in [0.25, 0.3) is 6.08 Å². The molecule has 3 aromatic rings. The fourth-order valence-electron chi connectivity index (χ4n) is 3.01. The number of benzene rings is 3. The Hall–Kier alpha value is -3.21. The van der Waals surface area contributed by atoms with Gasteiger partial charge in [0.1, 0.15) is 18.2 Å². The summed E-state index contributed by atoms with van der Waals surface area (Å²) in [6, 6.07) is 16.0. The molecule has 10 heteroatoms. The number of carbonyl (C=O) groups excluding carboxylic acids is 2. The van der Waals surface area contributed by atoms with E-state index in [4.69, 9.17) is 55.9 Å². The van der Waals surface area contributed by atoms with E-state index in [1.54, 1.807) is 25.1 Å². The van der Waals surface area contributed by atoms with Crippen LogP contribution in [0.5, 0.6) is 5.75 Å². The van der Waals surface area contributed by atoms with E-state index in [0.29, 0.717) is 32.4 Å². The van der Waals surface area contributed by atoms with Crippen LogP contribution in [0.1, 0.15) is 28.4 Å². The van der Waals surface area contributed by atoms with Gasteiger partial charge in [-0.3, -0.25) is 4.79 Å². The second-order valence-corrected chi connectivity index (χ2v) is 8.92. The van der Waals surface area contributed by atoms with Gasteiger partial charge in [-0.1, -0.05) is 52.5 Å². The van der Waals surface area contributed by atoms with E-state index in [2.05, 4.69) is 5.32 Å². The van der Waals surface area contributed by atoms with Crippen molar-refractivity contribution >= 4 is 70.0 Å². The van der Waals surface area contributed by atoms with Crippen LogP contribution >= 0.6 is 46.4 Å². The normalized spacial score (nSPS) is 10.9. The summed E-state index contributed by atoms with van der Waals surface area (Å²) in [4.78, 5) is 24.4. The summed E-state index contributed by atoms with van der Waals surface area (Å²) >= 11 is 24.8. The number of rotatable bonds is 8. The largest absolute Gasteiger partial charge is 0.486 e. The standard InChI is InChI=1S/C26H18Cl4N2O4/c1-2-35-26(34)16-4-7-20(8-5-16)32-25(33)18(13-31)9-15-10-22(29)24(23(30)11-15)36-14-17-3-6-19(27)12-21(17)28/h3-12H,2,14H2,1H3,(H,32,33)/b18-9+. The molecule has 0 atom stereocenters. The first-order valence-electron chi connectivity index (χ1n) is 10.5. The molecule has 184 valence electrons. The van der Waals surface area contributed by atoms with E-state index in [1.807, 2.05) is 6.07 Å². The molecule has 0 aromatic heterocycles. The molecule has 0 saturated carbocycles. The van der Waals surface area contributed by atoms with Crippen molar-refractivity contribution in [2.24, 2.45) is 0 Å². The number of nitriles is 1. The van der Waals surface area contributed by atoms with Gasteiger partial charge in [-0.05, 0) is 67.1 Å². The number of ether oxygens (including phenoxy) is 2. The molecule has 0 aliphatic rings. The molecule has 3 aromatic carbocycles. The third-order valence-corrected chi connectivity index (χ3v) is 5.89. The zero-order valence-corrected chi connectivity index (χ0v) is 21.8. The number of nitrogens with one attached hydrogen (secondary N) is 1. The summed E-state index contributed by atoms with van der Waals surface area (Å²) in [5.74, 6) is -0.886. The summed E-state index contributed by atoms with van der Waals surface area (Å²) in [5.41, 5.74) is 1.67. The maximum absolute atomic E-state index is 12.6. The van der Waals surface area contributed by atoms with Crippen LogP contribution < -0.4 is 10.1 Å². The van der Waals surface area contributed by atoms with Crippen molar-refractivity contribution in [1.29, 1.82) is 5.26 Å². The fourth-order valence-corrected chi connectivity index (χ4v) is 4.08. The van der Waals surface area contributed by atoms with Gasteiger partial charge in [0.05, 0.1) is 22.2 Å². The lowest BCUT2D eigenvalue weighted by Crippen LogP contribution is -2.13. The summed E-state index contributed by atoms with van der Waals surface area (Å²) < 4.78 is 10.7. The van der Waals surface area contributed by atoms with E-state index in [0.717, 1.165) is 0 Å². The van der Waals surface area contributed by atoms with Gasteiger partial charge < -0.3 is 14.8 Å². The van der Waals surface area contributed by atoms with Gasteiger partial charge in [0.15, 0.2) is 5.75 Å². The minimum atomic E-state index is -0.647. The molecule has 1 N–H and O–H groups in total. The Morgan fingerprint density at radius 3 is 2.22 bits per heavy atom. The smallest absolute Gasteiger partial charge is 0.338 e. The average Bonchev–Trinajstić information content (AvgIpc) is 2.83. The molecule has 36 heavy (non-hydrogen) atoms. The van der Waals surface area contributed by atoms with Crippen molar-refractivity contribution in [3.05, 3.63) is 97.0 Å². The molecule has 0 radical (unpaired) electrons. The molecule has 0 fully saturated rings. The van der Waals surface area contributed by atoms with Gasteiger partial charge in [0.25, 0.3) is 5.91 Å². The minimum absolute atomic E-state index is 0.103. The molecule has 0 aliphatic carbocycles. The Bertz CT molecular complexity index is 1340. The number of hydrogen-bond acceptors (Lipinski definition) is 5. The fraction of sp³-hybridized carbons (Fsp3) is 0.115. The number of hydrogen-bond donors (Lipinski definition) is 1. The van der Waals surface area contributed by atoms with Crippen molar-refractivity contribution in [2.75, 3.05) is 11.9 Å². The van der Waals surface area contributed by atoms with Gasteiger partial charge in [0, 0.05) is 21.3 Å². The predicted octanol–water partition coefficient (Wildman–Crippen LogP) is 7.60. The van der Waals surface area contributed by atoms with E-state index in [-0.39, 0.29) is 34.6 Å². The number of halogens is 4. The molecule has 0 saturated heterocycles. The van der Waals surface area contributed by atoms with Crippen molar-refractivity contribution in [3.8, 4) is 11.8 Å². The maximum Gasteiger partial charge on any atom is 0.338 e. The summed E-state index contributed by atoms with van der Waals surface area (Å²) in [6.45, 7) is 2.07. The first-order valence-corrected chi connectivity index (χ1v) is 12.0. The first-order chi connectivity index (χ1) is 17.2. The number of anilines is 1. The second kappa shape index (κ2) is 12.7. The molecule has 0 spiro atoms. The van der Waals surface area contributed by atoms with Crippen molar-refractivity contribution in [1.82, 2.24) is 0 Å². The lowest BCUT2D eigenvalue weighted by atomic mass is 10.1. The van der Waals surface area contributed by atoms with Gasteiger partial charge in [-0.2, -0.15) is 5.26 Å². The Morgan fingerprint density at radius 2 is 1.64 bits per heavy atom. The number of amides is 1. The van der Waals surface area contributed by atoms with Crippen molar-refractivity contribution in [3.63, 3.8) is 0 Å². The highest BCUT2D eigenvalue weighted by Crippen LogP contribution is 2.36. The van der Waals surface area contributed by atoms with Crippen molar-refractivity contribution < 1.29 is 19.1 Å². The van der Waals surface area contributed by atoms with Crippen molar-refractivity contribution in [2.45, 2.75) is 13.5 Å². The van der Waals surface area contributed by atoms with Crippen LogP contribution in [0.2, 0.25) is 20.1 Å². The van der Waals surface area contributed by atoms with E-state index < -0.39 is 11.9 Å². The first kappa shape index (κ1) is 27.4. The number of carbonyl (C=O) groups is 2. The quantitative estimate of drug-likeness (QED) is 0.173. The molecular formula is C26H18Cl4N2O4. The summed E-state index contributed by atoms with van der Waals surface area (Å²) in [7, 11) is 0. The highest BCUT2D eigenvalue weighted by molar-refractivity contribution is 6.37. The van der Waals surface area contributed by atoms with Crippen LogP contribution in [-0.2, 0) is 16.1 Å². The highest BCUT2D eigenvalue weighted by atomic mass is 35.5. The molecule has 0 heterocycles. The van der Waals surface area contributed by atoms with Crippen LogP contribution in [0.3, 0.4) is 0 Å². The van der Waals surface area contributed by atoms with Crippen LogP contribution in [-0.4, -0.2) is 18.5 Å².